The Morgan fingerprint density at radius 1 is 1.09 bits per heavy atom. The summed E-state index contributed by atoms with van der Waals surface area (Å²) in [4.78, 5) is 15.7. The molecule has 0 fully saturated rings. The van der Waals surface area contributed by atoms with Crippen molar-refractivity contribution in [1.29, 1.82) is 0 Å². The van der Waals surface area contributed by atoms with E-state index in [1.807, 2.05) is 73.9 Å². The number of para-hydroxylation sites is 1. The number of carbonyl (C=O) groups excluding carboxylic acids is 1. The SMILES string of the molecule is CN(C)CCc1c2n(c3ccccc13)[C@](C)(O)[C@H](C(=O)OC(C)(C)C)[C@H]2c1ccccc1. The van der Waals surface area contributed by atoms with Gasteiger partial charge < -0.3 is 19.3 Å². The molecular formula is C27H34N2O3. The summed E-state index contributed by atoms with van der Waals surface area (Å²) < 4.78 is 7.82. The van der Waals surface area contributed by atoms with Crippen LogP contribution in [-0.2, 0) is 21.7 Å². The lowest BCUT2D eigenvalue weighted by Gasteiger charge is -2.32. The number of aliphatic hydroxyl groups is 1. The molecule has 2 heterocycles. The quantitative estimate of drug-likeness (QED) is 0.600. The van der Waals surface area contributed by atoms with E-state index in [9.17, 15) is 9.90 Å². The zero-order valence-electron chi connectivity index (χ0n) is 19.9. The van der Waals surface area contributed by atoms with E-state index in [2.05, 4.69) is 25.1 Å². The topological polar surface area (TPSA) is 54.7 Å². The molecule has 0 saturated carbocycles. The standard InChI is InChI=1S/C27H34N2O3/c1-26(2,3)32-25(30)23-22(18-12-8-7-9-13-18)24-20(16-17-28(5)6)19-14-10-11-15-21(19)29(24)27(23,4)31/h7-15,22-23,31H,16-17H2,1-6H3/t22-,23+,27-/m1/s1. The summed E-state index contributed by atoms with van der Waals surface area (Å²) in [5.74, 6) is -1.42. The molecule has 0 aliphatic carbocycles. The number of hydrogen-bond donors (Lipinski definition) is 1. The van der Waals surface area contributed by atoms with Crippen LogP contribution in [-0.4, -0.2) is 46.8 Å². The Kier molecular flexibility index (Phi) is 5.68. The maximum absolute atomic E-state index is 13.5. The first-order valence-corrected chi connectivity index (χ1v) is 11.3. The van der Waals surface area contributed by atoms with Gasteiger partial charge in [0.1, 0.15) is 11.5 Å². The minimum atomic E-state index is -1.42. The largest absolute Gasteiger partial charge is 0.460 e. The molecule has 0 bridgehead atoms. The highest BCUT2D eigenvalue weighted by Crippen LogP contribution is 2.53. The van der Waals surface area contributed by atoms with Crippen LogP contribution in [0.15, 0.2) is 54.6 Å². The van der Waals surface area contributed by atoms with Gasteiger partial charge in [0, 0.05) is 23.5 Å². The van der Waals surface area contributed by atoms with Crippen LogP contribution in [0.25, 0.3) is 10.9 Å². The van der Waals surface area contributed by atoms with E-state index < -0.39 is 17.2 Å². The number of carbonyl (C=O) groups is 1. The molecule has 0 radical (unpaired) electrons. The number of rotatable bonds is 5. The van der Waals surface area contributed by atoms with Crippen LogP contribution in [0.1, 0.15) is 50.4 Å². The fourth-order valence-corrected chi connectivity index (χ4v) is 5.09. The van der Waals surface area contributed by atoms with Crippen molar-refractivity contribution in [3.63, 3.8) is 0 Å². The normalized spacial score (nSPS) is 23.0. The molecule has 1 aromatic heterocycles. The van der Waals surface area contributed by atoms with Crippen LogP contribution >= 0.6 is 0 Å². The van der Waals surface area contributed by atoms with E-state index in [0.29, 0.717) is 0 Å². The van der Waals surface area contributed by atoms with Crippen molar-refractivity contribution < 1.29 is 14.6 Å². The van der Waals surface area contributed by atoms with E-state index in [1.165, 1.54) is 5.56 Å². The van der Waals surface area contributed by atoms with Crippen molar-refractivity contribution in [2.45, 2.75) is 51.4 Å². The van der Waals surface area contributed by atoms with Crippen molar-refractivity contribution in [3.8, 4) is 0 Å². The van der Waals surface area contributed by atoms with Crippen LogP contribution in [0.3, 0.4) is 0 Å². The van der Waals surface area contributed by atoms with E-state index in [-0.39, 0.29) is 11.9 Å². The van der Waals surface area contributed by atoms with Crippen LogP contribution in [0, 0.1) is 5.92 Å². The molecule has 3 aromatic rings. The molecule has 0 saturated heterocycles. The van der Waals surface area contributed by atoms with Gasteiger partial charge in [0.15, 0.2) is 5.72 Å². The number of nitrogens with zero attached hydrogens (tertiary/aromatic N) is 2. The summed E-state index contributed by atoms with van der Waals surface area (Å²) in [6, 6.07) is 18.2. The number of esters is 1. The van der Waals surface area contributed by atoms with Gasteiger partial charge in [0.2, 0.25) is 0 Å². The number of likely N-dealkylation sites (N-methyl/N-ethyl adjacent to an activating group) is 1. The van der Waals surface area contributed by atoms with Gasteiger partial charge in [-0.05, 0) is 65.4 Å². The Balaban J connectivity index is 1.98. The van der Waals surface area contributed by atoms with Crippen LogP contribution < -0.4 is 0 Å². The fourth-order valence-electron chi connectivity index (χ4n) is 5.09. The van der Waals surface area contributed by atoms with Gasteiger partial charge in [0.25, 0.3) is 0 Å². The van der Waals surface area contributed by atoms with Gasteiger partial charge >= 0.3 is 5.97 Å². The highest BCUT2D eigenvalue weighted by Gasteiger charge is 2.55. The number of hydrogen-bond acceptors (Lipinski definition) is 4. The molecular weight excluding hydrogens is 400 g/mol. The van der Waals surface area contributed by atoms with Crippen molar-refractivity contribution in [2.24, 2.45) is 5.92 Å². The van der Waals surface area contributed by atoms with Crippen molar-refractivity contribution >= 4 is 16.9 Å². The van der Waals surface area contributed by atoms with Gasteiger partial charge in [-0.15, -0.1) is 0 Å². The first-order chi connectivity index (χ1) is 15.0. The Bertz CT molecular complexity index is 1120. The van der Waals surface area contributed by atoms with Gasteiger partial charge in [-0.3, -0.25) is 4.79 Å². The summed E-state index contributed by atoms with van der Waals surface area (Å²) in [6.45, 7) is 8.22. The third kappa shape index (κ3) is 3.84. The molecule has 0 spiro atoms. The van der Waals surface area contributed by atoms with E-state index >= 15 is 0 Å². The predicted octanol–water partition coefficient (Wildman–Crippen LogP) is 4.51. The molecule has 5 heteroatoms. The molecule has 4 rings (SSSR count). The van der Waals surface area contributed by atoms with E-state index in [1.54, 1.807) is 6.92 Å². The molecule has 1 aliphatic heterocycles. The number of fused-ring (bicyclic) bond motifs is 3. The average molecular weight is 435 g/mol. The molecule has 170 valence electrons. The summed E-state index contributed by atoms with van der Waals surface area (Å²) in [5.41, 5.74) is 2.11. The van der Waals surface area contributed by atoms with E-state index in [0.717, 1.165) is 35.1 Å². The number of benzene rings is 2. The predicted molar refractivity (Wildman–Crippen MR) is 128 cm³/mol. The summed E-state index contributed by atoms with van der Waals surface area (Å²) in [6.07, 6.45) is 0.830. The zero-order chi connectivity index (χ0) is 23.3. The molecule has 2 aromatic carbocycles. The second kappa shape index (κ2) is 8.05. The molecule has 5 nitrogen and oxygen atoms in total. The summed E-state index contributed by atoms with van der Waals surface area (Å²) in [7, 11) is 4.12. The minimum absolute atomic E-state index is 0.300. The molecule has 0 unspecified atom stereocenters. The first-order valence-electron chi connectivity index (χ1n) is 11.3. The lowest BCUT2D eigenvalue weighted by molar-refractivity contribution is -0.173. The second-order valence-corrected chi connectivity index (χ2v) is 10.3. The molecule has 1 N–H and O–H groups in total. The smallest absolute Gasteiger partial charge is 0.315 e. The Labute approximate surface area is 190 Å². The van der Waals surface area contributed by atoms with Crippen molar-refractivity contribution in [3.05, 3.63) is 71.4 Å². The lowest BCUT2D eigenvalue weighted by atomic mass is 9.79. The number of ether oxygens (including phenoxy) is 1. The van der Waals surface area contributed by atoms with Crippen LogP contribution in [0.2, 0.25) is 0 Å². The van der Waals surface area contributed by atoms with Gasteiger partial charge in [-0.2, -0.15) is 0 Å². The summed E-state index contributed by atoms with van der Waals surface area (Å²) in [5, 5.41) is 13.1. The van der Waals surface area contributed by atoms with Gasteiger partial charge in [-0.25, -0.2) is 0 Å². The van der Waals surface area contributed by atoms with Crippen molar-refractivity contribution in [2.75, 3.05) is 20.6 Å². The maximum Gasteiger partial charge on any atom is 0.315 e. The highest BCUT2D eigenvalue weighted by atomic mass is 16.6. The Morgan fingerprint density at radius 2 is 1.72 bits per heavy atom. The Morgan fingerprint density at radius 3 is 2.34 bits per heavy atom. The zero-order valence-corrected chi connectivity index (χ0v) is 19.9. The third-order valence-corrected chi connectivity index (χ3v) is 6.32. The second-order valence-electron chi connectivity index (χ2n) is 10.3. The fraction of sp³-hybridized carbons (Fsp3) is 0.444. The van der Waals surface area contributed by atoms with E-state index in [4.69, 9.17) is 4.74 Å². The molecule has 3 atom stereocenters. The molecule has 0 amide bonds. The average Bonchev–Trinajstić information content (AvgIpc) is 3.16. The van der Waals surface area contributed by atoms with Crippen LogP contribution in [0.5, 0.6) is 0 Å². The van der Waals surface area contributed by atoms with Gasteiger partial charge in [0.05, 0.1) is 5.52 Å². The van der Waals surface area contributed by atoms with Crippen molar-refractivity contribution in [1.82, 2.24) is 9.47 Å². The Hall–Kier alpha value is -2.63. The summed E-state index contributed by atoms with van der Waals surface area (Å²) >= 11 is 0. The highest BCUT2D eigenvalue weighted by molar-refractivity contribution is 5.89. The van der Waals surface area contributed by atoms with Crippen LogP contribution in [0.4, 0.5) is 0 Å². The molecule has 1 aliphatic rings. The minimum Gasteiger partial charge on any atom is -0.460 e. The molecule has 32 heavy (non-hydrogen) atoms. The monoisotopic (exact) mass is 434 g/mol. The van der Waals surface area contributed by atoms with Gasteiger partial charge in [-0.1, -0.05) is 48.5 Å². The number of aromatic nitrogens is 1. The first kappa shape index (κ1) is 22.6. The third-order valence-electron chi connectivity index (χ3n) is 6.32. The lowest BCUT2D eigenvalue weighted by Crippen LogP contribution is -2.42. The maximum atomic E-state index is 13.5.